The number of hydrogen-bond donors (Lipinski definition) is 0. The molecule has 1 spiro atoms. The summed E-state index contributed by atoms with van der Waals surface area (Å²) in [6.45, 7) is 5.83. The Balaban J connectivity index is 1.78. The zero-order chi connectivity index (χ0) is 14.6. The molecule has 2 fully saturated rings. The lowest BCUT2D eigenvalue weighted by Crippen LogP contribution is -2.50. The third kappa shape index (κ3) is 1.86. The van der Waals surface area contributed by atoms with Gasteiger partial charge in [-0.3, -0.25) is 4.79 Å². The van der Waals surface area contributed by atoms with Crippen molar-refractivity contribution in [3.63, 3.8) is 0 Å². The van der Waals surface area contributed by atoms with E-state index in [9.17, 15) is 4.79 Å². The Morgan fingerprint density at radius 2 is 2.19 bits per heavy atom. The van der Waals surface area contributed by atoms with Crippen LogP contribution in [0.3, 0.4) is 0 Å². The number of aryl methyl sites for hydroxylation is 2. The summed E-state index contributed by atoms with van der Waals surface area (Å²) >= 11 is 0. The predicted octanol–water partition coefficient (Wildman–Crippen LogP) is 1.35. The molecule has 21 heavy (non-hydrogen) atoms. The van der Waals surface area contributed by atoms with Gasteiger partial charge >= 0.3 is 0 Å². The van der Waals surface area contributed by atoms with Crippen molar-refractivity contribution in [3.8, 4) is 0 Å². The lowest BCUT2D eigenvalue weighted by atomic mass is 10.1. The molecule has 2 aliphatic rings. The molecule has 6 nitrogen and oxygen atoms in total. The van der Waals surface area contributed by atoms with Gasteiger partial charge in [-0.05, 0) is 32.8 Å². The second-order valence-corrected chi connectivity index (χ2v) is 6.07. The molecule has 3 heterocycles. The summed E-state index contributed by atoms with van der Waals surface area (Å²) in [7, 11) is 0. The van der Waals surface area contributed by atoms with Crippen LogP contribution in [0.4, 0.5) is 0 Å². The van der Waals surface area contributed by atoms with Crippen LogP contribution in [0.15, 0.2) is 12.3 Å². The van der Waals surface area contributed by atoms with Crippen LogP contribution in [0.5, 0.6) is 0 Å². The third-order valence-corrected chi connectivity index (χ3v) is 4.48. The van der Waals surface area contributed by atoms with Crippen molar-refractivity contribution in [2.24, 2.45) is 0 Å². The molecule has 2 aromatic heterocycles. The van der Waals surface area contributed by atoms with Crippen LogP contribution in [0.1, 0.15) is 34.6 Å². The maximum absolute atomic E-state index is 12.9. The van der Waals surface area contributed by atoms with E-state index >= 15 is 0 Å². The highest BCUT2D eigenvalue weighted by molar-refractivity contribution is 6.00. The van der Waals surface area contributed by atoms with Crippen LogP contribution in [-0.2, 0) is 4.74 Å². The van der Waals surface area contributed by atoms with E-state index in [-0.39, 0.29) is 11.4 Å². The molecule has 0 radical (unpaired) electrons. The molecule has 0 bridgehead atoms. The number of rotatable bonds is 1. The van der Waals surface area contributed by atoms with Crippen molar-refractivity contribution in [1.29, 1.82) is 0 Å². The van der Waals surface area contributed by atoms with E-state index in [0.29, 0.717) is 31.0 Å². The van der Waals surface area contributed by atoms with Crippen molar-refractivity contribution < 1.29 is 9.53 Å². The minimum absolute atomic E-state index is 0.0308. The van der Waals surface area contributed by atoms with Gasteiger partial charge < -0.3 is 9.64 Å². The topological polar surface area (TPSA) is 59.7 Å². The highest BCUT2D eigenvalue weighted by atomic mass is 16.5. The number of aromatic nitrogens is 3. The first-order valence-corrected chi connectivity index (χ1v) is 7.32. The molecule has 1 saturated carbocycles. The van der Waals surface area contributed by atoms with Crippen LogP contribution >= 0.6 is 0 Å². The van der Waals surface area contributed by atoms with Crippen LogP contribution in [0.2, 0.25) is 0 Å². The normalized spacial score (nSPS) is 20.2. The van der Waals surface area contributed by atoms with Gasteiger partial charge in [-0.1, -0.05) is 0 Å². The number of morpholine rings is 1. The molecule has 0 atom stereocenters. The number of carbonyl (C=O) groups excluding carboxylic acids is 1. The lowest BCUT2D eigenvalue weighted by molar-refractivity contribution is -0.0116. The second-order valence-electron chi connectivity index (χ2n) is 6.07. The zero-order valence-corrected chi connectivity index (χ0v) is 12.3. The highest BCUT2D eigenvalue weighted by Gasteiger charge is 2.52. The third-order valence-electron chi connectivity index (χ3n) is 4.48. The average Bonchev–Trinajstić information content (AvgIpc) is 3.08. The summed E-state index contributed by atoms with van der Waals surface area (Å²) in [6.07, 6.45) is 3.70. The molecule has 1 saturated heterocycles. The van der Waals surface area contributed by atoms with E-state index in [0.717, 1.165) is 24.2 Å². The van der Waals surface area contributed by atoms with Gasteiger partial charge in [0.2, 0.25) is 0 Å². The van der Waals surface area contributed by atoms with E-state index in [1.807, 2.05) is 24.8 Å². The number of amides is 1. The first-order valence-electron chi connectivity index (χ1n) is 7.32. The second kappa shape index (κ2) is 4.27. The fourth-order valence-corrected chi connectivity index (χ4v) is 3.18. The van der Waals surface area contributed by atoms with E-state index in [4.69, 9.17) is 4.74 Å². The Labute approximate surface area is 122 Å². The molecular formula is C15H18N4O2. The number of fused-ring (bicyclic) bond motifs is 1. The Morgan fingerprint density at radius 1 is 1.38 bits per heavy atom. The van der Waals surface area contributed by atoms with Crippen molar-refractivity contribution in [2.45, 2.75) is 32.2 Å². The van der Waals surface area contributed by atoms with Crippen LogP contribution in [0, 0.1) is 13.8 Å². The first-order chi connectivity index (χ1) is 10.1. The van der Waals surface area contributed by atoms with Gasteiger partial charge in [-0.2, -0.15) is 5.10 Å². The zero-order valence-electron chi connectivity index (χ0n) is 12.3. The lowest BCUT2D eigenvalue weighted by Gasteiger charge is -2.35. The van der Waals surface area contributed by atoms with Crippen LogP contribution in [-0.4, -0.2) is 50.7 Å². The molecule has 0 N–H and O–H groups in total. The molecule has 110 valence electrons. The largest absolute Gasteiger partial charge is 0.377 e. The summed E-state index contributed by atoms with van der Waals surface area (Å²) in [5.74, 6) is 0.0308. The quantitative estimate of drug-likeness (QED) is 0.794. The smallest absolute Gasteiger partial charge is 0.259 e. The van der Waals surface area contributed by atoms with Gasteiger partial charge in [0.05, 0.1) is 24.9 Å². The Kier molecular flexibility index (Phi) is 2.60. The number of carbonyl (C=O) groups is 1. The Hall–Kier alpha value is -1.95. The maximum atomic E-state index is 12.9. The van der Waals surface area contributed by atoms with Gasteiger partial charge in [0, 0.05) is 17.9 Å². The molecular weight excluding hydrogens is 268 g/mol. The van der Waals surface area contributed by atoms with Gasteiger partial charge in [0.1, 0.15) is 5.56 Å². The molecule has 4 rings (SSSR count). The fraction of sp³-hybridized carbons (Fsp3) is 0.533. The first kappa shape index (κ1) is 12.8. The van der Waals surface area contributed by atoms with Crippen LogP contribution in [0.25, 0.3) is 5.65 Å². The molecule has 1 amide bonds. The molecule has 6 heteroatoms. The summed E-state index contributed by atoms with van der Waals surface area (Å²) in [5.41, 5.74) is 3.06. The number of hydrogen-bond acceptors (Lipinski definition) is 4. The number of ether oxygens (including phenoxy) is 1. The predicted molar refractivity (Wildman–Crippen MR) is 76.3 cm³/mol. The van der Waals surface area contributed by atoms with Crippen molar-refractivity contribution in [3.05, 3.63) is 29.2 Å². The van der Waals surface area contributed by atoms with E-state index in [1.165, 1.54) is 0 Å². The molecule has 1 aliphatic carbocycles. The SMILES string of the molecule is Cc1cc(C)n2ncc(C(=O)N3CCOCC34CC4)c2n1. The molecule has 0 aromatic carbocycles. The van der Waals surface area contributed by atoms with Crippen molar-refractivity contribution in [1.82, 2.24) is 19.5 Å². The highest BCUT2D eigenvalue weighted by Crippen LogP contribution is 2.44. The average molecular weight is 286 g/mol. The Morgan fingerprint density at radius 3 is 2.95 bits per heavy atom. The summed E-state index contributed by atoms with van der Waals surface area (Å²) in [4.78, 5) is 19.4. The minimum Gasteiger partial charge on any atom is -0.377 e. The number of nitrogens with zero attached hydrogens (tertiary/aromatic N) is 4. The summed E-state index contributed by atoms with van der Waals surface area (Å²) in [6, 6.07) is 1.96. The van der Waals surface area contributed by atoms with Gasteiger partial charge in [-0.15, -0.1) is 0 Å². The maximum Gasteiger partial charge on any atom is 0.259 e. The van der Waals surface area contributed by atoms with E-state index in [2.05, 4.69) is 10.1 Å². The van der Waals surface area contributed by atoms with Gasteiger partial charge in [0.15, 0.2) is 5.65 Å². The van der Waals surface area contributed by atoms with Crippen LogP contribution < -0.4 is 0 Å². The van der Waals surface area contributed by atoms with Gasteiger partial charge in [0.25, 0.3) is 5.91 Å². The molecule has 0 unspecified atom stereocenters. The summed E-state index contributed by atoms with van der Waals surface area (Å²) in [5, 5.41) is 4.32. The summed E-state index contributed by atoms with van der Waals surface area (Å²) < 4.78 is 7.28. The molecule has 1 aliphatic heterocycles. The fourth-order valence-electron chi connectivity index (χ4n) is 3.18. The standard InChI is InChI=1S/C15H18N4O2/c1-10-7-11(2)19-13(17-10)12(8-16-19)14(20)18-5-6-21-9-15(18)3-4-15/h7-8H,3-6,9H2,1-2H3. The van der Waals surface area contributed by atoms with Crippen molar-refractivity contribution in [2.75, 3.05) is 19.8 Å². The van der Waals surface area contributed by atoms with E-state index < -0.39 is 0 Å². The van der Waals surface area contributed by atoms with E-state index in [1.54, 1.807) is 10.7 Å². The van der Waals surface area contributed by atoms with Crippen molar-refractivity contribution >= 4 is 11.6 Å². The monoisotopic (exact) mass is 286 g/mol. The Bertz CT molecular complexity index is 733. The minimum atomic E-state index is -0.0670. The molecule has 2 aromatic rings. The van der Waals surface area contributed by atoms with Gasteiger partial charge in [-0.25, -0.2) is 9.50 Å².